The van der Waals surface area contributed by atoms with Gasteiger partial charge in [-0.25, -0.2) is 0 Å². The lowest BCUT2D eigenvalue weighted by atomic mass is 9.85. The molecule has 0 aliphatic carbocycles. The zero-order valence-corrected chi connectivity index (χ0v) is 32.0. The highest BCUT2D eigenvalue weighted by Crippen LogP contribution is 2.56. The molecule has 12 rings (SSSR count). The summed E-state index contributed by atoms with van der Waals surface area (Å²) in [6, 6.07) is 78.9. The predicted molar refractivity (Wildman–Crippen MR) is 249 cm³/mol. The largest absolute Gasteiger partial charge is 0.0622 e. The normalized spacial score (nSPS) is 12.0. The molecule has 0 atom stereocenters. The molecular weight excluding hydrogens is 697 g/mol. The molecular formula is C58H38. The van der Waals surface area contributed by atoms with Crippen molar-refractivity contribution in [3.8, 4) is 33.4 Å². The van der Waals surface area contributed by atoms with Gasteiger partial charge in [0.2, 0.25) is 0 Å². The van der Waals surface area contributed by atoms with Crippen LogP contribution in [0.1, 0.15) is 22.6 Å². The Morgan fingerprint density at radius 2 is 0.707 bits per heavy atom. The van der Waals surface area contributed by atoms with Gasteiger partial charge >= 0.3 is 0 Å². The van der Waals surface area contributed by atoms with Crippen molar-refractivity contribution in [2.45, 2.75) is 12.3 Å². The fourth-order valence-corrected chi connectivity index (χ4v) is 10.3. The molecule has 0 heteroatoms. The van der Waals surface area contributed by atoms with Gasteiger partial charge in [0.25, 0.3) is 0 Å². The number of hydrogen-bond donors (Lipinski definition) is 0. The zero-order valence-electron chi connectivity index (χ0n) is 32.0. The smallest absolute Gasteiger partial charge is 0.0130 e. The van der Waals surface area contributed by atoms with E-state index < -0.39 is 0 Å². The third-order valence-electron chi connectivity index (χ3n) is 12.8. The molecule has 0 bridgehead atoms. The lowest BCUT2D eigenvalue weighted by Gasteiger charge is -2.19. The summed E-state index contributed by atoms with van der Waals surface area (Å²) in [5.74, 6) is 0.293. The van der Waals surface area contributed by atoms with E-state index in [0.717, 1.165) is 6.42 Å². The molecule has 0 N–H and O–H groups in total. The van der Waals surface area contributed by atoms with Gasteiger partial charge in [-0.15, -0.1) is 0 Å². The van der Waals surface area contributed by atoms with Gasteiger partial charge in [-0.1, -0.05) is 212 Å². The molecule has 270 valence electrons. The highest BCUT2D eigenvalue weighted by molar-refractivity contribution is 6.46. The van der Waals surface area contributed by atoms with Crippen LogP contribution in [0.15, 0.2) is 212 Å². The van der Waals surface area contributed by atoms with Gasteiger partial charge in [0, 0.05) is 5.92 Å². The Morgan fingerprint density at radius 1 is 0.276 bits per heavy atom. The van der Waals surface area contributed by atoms with E-state index >= 15 is 0 Å². The fourth-order valence-electron chi connectivity index (χ4n) is 10.3. The van der Waals surface area contributed by atoms with Crippen LogP contribution in [0.25, 0.3) is 98.0 Å². The lowest BCUT2D eigenvalue weighted by molar-refractivity contribution is 0.805. The van der Waals surface area contributed by atoms with E-state index in [1.807, 2.05) is 0 Å². The van der Waals surface area contributed by atoms with Crippen molar-refractivity contribution in [2.24, 2.45) is 0 Å². The average molecular weight is 735 g/mol. The van der Waals surface area contributed by atoms with Gasteiger partial charge in [-0.2, -0.15) is 0 Å². The highest BCUT2D eigenvalue weighted by Gasteiger charge is 2.27. The van der Waals surface area contributed by atoms with Crippen molar-refractivity contribution in [1.29, 1.82) is 0 Å². The van der Waals surface area contributed by atoms with Crippen LogP contribution in [-0.2, 0) is 6.42 Å². The minimum absolute atomic E-state index is 0.293. The molecule has 0 unspecified atom stereocenters. The maximum absolute atomic E-state index is 2.41. The summed E-state index contributed by atoms with van der Waals surface area (Å²) >= 11 is 0. The van der Waals surface area contributed by atoms with Crippen LogP contribution >= 0.6 is 0 Å². The molecule has 0 saturated heterocycles. The van der Waals surface area contributed by atoms with Crippen molar-refractivity contribution in [3.63, 3.8) is 0 Å². The van der Waals surface area contributed by atoms with Crippen LogP contribution in [0.3, 0.4) is 0 Å². The topological polar surface area (TPSA) is 0 Å². The van der Waals surface area contributed by atoms with Crippen molar-refractivity contribution in [1.82, 2.24) is 0 Å². The minimum atomic E-state index is 0.293. The first-order chi connectivity index (χ1) is 28.8. The molecule has 0 aliphatic rings. The van der Waals surface area contributed by atoms with Gasteiger partial charge < -0.3 is 0 Å². The van der Waals surface area contributed by atoms with Gasteiger partial charge in [-0.05, 0) is 121 Å². The zero-order chi connectivity index (χ0) is 38.2. The maximum atomic E-state index is 2.41. The fraction of sp³-hybridized carbons (Fsp3) is 0.0345. The van der Waals surface area contributed by atoms with E-state index in [9.17, 15) is 0 Å². The second-order valence-corrected chi connectivity index (χ2v) is 15.9. The van der Waals surface area contributed by atoms with Crippen LogP contribution in [-0.4, -0.2) is 0 Å². The monoisotopic (exact) mass is 734 g/mol. The van der Waals surface area contributed by atoms with Crippen LogP contribution in [0.5, 0.6) is 0 Å². The van der Waals surface area contributed by atoms with Crippen molar-refractivity contribution >= 4 is 64.6 Å². The third-order valence-corrected chi connectivity index (χ3v) is 12.8. The summed E-state index contributed by atoms with van der Waals surface area (Å²) in [6.07, 6.45) is 0.944. The van der Waals surface area contributed by atoms with Crippen LogP contribution in [0.2, 0.25) is 0 Å². The first kappa shape index (κ1) is 32.9. The molecule has 12 aromatic rings. The number of benzene rings is 10. The summed E-state index contributed by atoms with van der Waals surface area (Å²) in [5, 5.41) is 16.0. The van der Waals surface area contributed by atoms with Gasteiger partial charge in [-0.3, -0.25) is 0 Å². The van der Waals surface area contributed by atoms with Crippen LogP contribution < -0.4 is 0 Å². The van der Waals surface area contributed by atoms with Gasteiger partial charge in [0.15, 0.2) is 0 Å². The van der Waals surface area contributed by atoms with Crippen LogP contribution in [0.4, 0.5) is 0 Å². The molecule has 0 radical (unpaired) electrons. The number of fused-ring (bicyclic) bond motifs is 6. The molecule has 0 aromatic heterocycles. The molecule has 12 aromatic carbocycles. The Hall–Kier alpha value is -7.28. The Morgan fingerprint density at radius 3 is 1.22 bits per heavy atom. The summed E-state index contributed by atoms with van der Waals surface area (Å²) in [6.45, 7) is 0. The van der Waals surface area contributed by atoms with E-state index in [1.165, 1.54) is 115 Å². The second kappa shape index (κ2) is 13.2. The van der Waals surface area contributed by atoms with Crippen molar-refractivity contribution in [3.05, 3.63) is 229 Å². The Balaban J connectivity index is 1.12. The van der Waals surface area contributed by atoms with E-state index in [4.69, 9.17) is 0 Å². The SMILES string of the molecule is c1ccc(-c2c3c4cccc5cccc(c3c(-c3ccccc3)c3c6ccc(-c7ccc(CC(c8ccccc8)c8ccccc8)cc7)c7cccc(c23)c76)c54)cc1. The van der Waals surface area contributed by atoms with Gasteiger partial charge in [0.1, 0.15) is 0 Å². The molecule has 0 heterocycles. The molecule has 0 amide bonds. The minimum Gasteiger partial charge on any atom is -0.0622 e. The Labute approximate surface area is 337 Å². The Kier molecular flexibility index (Phi) is 7.46. The Bertz CT molecular complexity index is 3250. The second-order valence-electron chi connectivity index (χ2n) is 15.9. The lowest BCUT2D eigenvalue weighted by Crippen LogP contribution is -2.05. The van der Waals surface area contributed by atoms with Crippen molar-refractivity contribution < 1.29 is 0 Å². The molecule has 0 saturated carbocycles. The van der Waals surface area contributed by atoms with E-state index in [2.05, 4.69) is 212 Å². The van der Waals surface area contributed by atoms with E-state index in [1.54, 1.807) is 0 Å². The number of rotatable bonds is 7. The third kappa shape index (κ3) is 4.95. The summed E-state index contributed by atoms with van der Waals surface area (Å²) < 4.78 is 0. The average Bonchev–Trinajstić information content (AvgIpc) is 3.81. The molecule has 0 aliphatic heterocycles. The summed E-state index contributed by atoms with van der Waals surface area (Å²) in [4.78, 5) is 0. The molecule has 58 heavy (non-hydrogen) atoms. The van der Waals surface area contributed by atoms with Crippen LogP contribution in [0, 0.1) is 0 Å². The quantitative estimate of drug-likeness (QED) is 0.153. The van der Waals surface area contributed by atoms with Gasteiger partial charge in [0.05, 0.1) is 0 Å². The first-order valence-electron chi connectivity index (χ1n) is 20.4. The maximum Gasteiger partial charge on any atom is 0.0130 e. The van der Waals surface area contributed by atoms with E-state index in [-0.39, 0.29) is 0 Å². The molecule has 0 nitrogen and oxygen atoms in total. The summed E-state index contributed by atoms with van der Waals surface area (Å²) in [5.41, 5.74) is 11.7. The summed E-state index contributed by atoms with van der Waals surface area (Å²) in [7, 11) is 0. The van der Waals surface area contributed by atoms with Crippen molar-refractivity contribution in [2.75, 3.05) is 0 Å². The molecule has 0 fully saturated rings. The van der Waals surface area contributed by atoms with E-state index in [0.29, 0.717) is 5.92 Å². The predicted octanol–water partition coefficient (Wildman–Crippen LogP) is 15.9. The first-order valence-corrected chi connectivity index (χ1v) is 20.4. The highest BCUT2D eigenvalue weighted by atomic mass is 14.3. The molecule has 0 spiro atoms. The standard InChI is InChI=1S/C58H38/c1-5-16-38(17-6-1)50(39-18-7-2-8-19-39)36-37-30-32-40(33-31-37)44-34-35-49-54-45(44)26-15-29-48(54)57-52(42-20-9-3-10-21-42)55-46-27-13-24-41-25-14-28-47(51(41)46)56(55)53(58(49)57)43-22-11-4-12-23-43/h1-35,50H,36H2. The number of hydrogen-bond acceptors (Lipinski definition) is 0.